The van der Waals surface area contributed by atoms with E-state index in [1.54, 1.807) is 7.11 Å². The van der Waals surface area contributed by atoms with Crippen LogP contribution in [-0.2, 0) is 4.79 Å². The molecule has 0 N–H and O–H groups in total. The molecule has 3 rings (SSSR count). The van der Waals surface area contributed by atoms with Gasteiger partial charge in [0.15, 0.2) is 0 Å². The van der Waals surface area contributed by atoms with E-state index in [1.165, 1.54) is 18.5 Å². The van der Waals surface area contributed by atoms with Crippen molar-refractivity contribution in [3.8, 4) is 5.75 Å². The minimum atomic E-state index is 0.295. The smallest absolute Gasteiger partial charge is 0.236 e. The van der Waals surface area contributed by atoms with E-state index in [1.807, 2.05) is 17.0 Å². The van der Waals surface area contributed by atoms with E-state index in [0.29, 0.717) is 12.5 Å². The third-order valence-corrected chi connectivity index (χ3v) is 5.18. The zero-order valence-corrected chi connectivity index (χ0v) is 15.6. The Labute approximate surface area is 151 Å². The molecular weight excluding hydrogens is 314 g/mol. The molecule has 0 bridgehead atoms. The Hall–Kier alpha value is -1.75. The van der Waals surface area contributed by atoms with Crippen molar-refractivity contribution < 1.29 is 9.53 Å². The largest absolute Gasteiger partial charge is 0.497 e. The summed E-state index contributed by atoms with van der Waals surface area (Å²) in [6, 6.07) is 8.17. The molecule has 1 heterocycles. The van der Waals surface area contributed by atoms with Gasteiger partial charge in [-0.2, -0.15) is 0 Å². The van der Waals surface area contributed by atoms with Gasteiger partial charge in [-0.3, -0.25) is 9.69 Å². The Kier molecular flexibility index (Phi) is 6.19. The van der Waals surface area contributed by atoms with Gasteiger partial charge in [0.05, 0.1) is 13.7 Å². The quantitative estimate of drug-likeness (QED) is 0.725. The van der Waals surface area contributed by atoms with Crippen LogP contribution in [0.1, 0.15) is 26.2 Å². The maximum atomic E-state index is 12.7. The molecule has 1 amide bonds. The zero-order valence-electron chi connectivity index (χ0n) is 15.6. The van der Waals surface area contributed by atoms with Crippen molar-refractivity contribution in [2.75, 3.05) is 57.8 Å². The molecule has 1 aromatic rings. The minimum absolute atomic E-state index is 0.295. The van der Waals surface area contributed by atoms with Crippen LogP contribution in [0.15, 0.2) is 24.3 Å². The summed E-state index contributed by atoms with van der Waals surface area (Å²) in [6.45, 7) is 8.34. The summed E-state index contributed by atoms with van der Waals surface area (Å²) >= 11 is 0. The molecule has 25 heavy (non-hydrogen) atoms. The van der Waals surface area contributed by atoms with E-state index in [2.05, 4.69) is 28.9 Å². The number of carbonyl (C=O) groups excluding carboxylic acids is 1. The maximum absolute atomic E-state index is 12.7. The highest BCUT2D eigenvalue weighted by atomic mass is 16.5. The van der Waals surface area contributed by atoms with Crippen LogP contribution in [-0.4, -0.2) is 68.6 Å². The van der Waals surface area contributed by atoms with Crippen molar-refractivity contribution in [3.05, 3.63) is 24.3 Å². The van der Waals surface area contributed by atoms with E-state index >= 15 is 0 Å². The van der Waals surface area contributed by atoms with Gasteiger partial charge in [-0.05, 0) is 56.0 Å². The molecule has 1 aliphatic carbocycles. The minimum Gasteiger partial charge on any atom is -0.497 e. The molecule has 2 aliphatic rings. The molecule has 1 saturated heterocycles. The lowest BCUT2D eigenvalue weighted by Gasteiger charge is -2.37. The lowest BCUT2D eigenvalue weighted by atomic mass is 10.2. The van der Waals surface area contributed by atoms with Crippen LogP contribution in [0.3, 0.4) is 0 Å². The number of carbonyl (C=O) groups is 1. The summed E-state index contributed by atoms with van der Waals surface area (Å²) in [5.41, 5.74) is 1.20. The Bertz CT molecular complexity index is 549. The Morgan fingerprint density at radius 2 is 1.84 bits per heavy atom. The number of benzene rings is 1. The fraction of sp³-hybridized carbons (Fsp3) is 0.650. The van der Waals surface area contributed by atoms with Crippen molar-refractivity contribution in [1.29, 1.82) is 0 Å². The molecule has 1 aromatic carbocycles. The van der Waals surface area contributed by atoms with Crippen molar-refractivity contribution in [2.45, 2.75) is 26.2 Å². The number of ether oxygens (including phenoxy) is 1. The average molecular weight is 345 g/mol. The first kappa shape index (κ1) is 18.1. The lowest BCUT2D eigenvalue weighted by molar-refractivity contribution is -0.132. The monoisotopic (exact) mass is 345 g/mol. The van der Waals surface area contributed by atoms with Gasteiger partial charge in [-0.25, -0.2) is 0 Å². The van der Waals surface area contributed by atoms with Gasteiger partial charge < -0.3 is 14.5 Å². The third-order valence-electron chi connectivity index (χ3n) is 5.18. The number of hydrogen-bond donors (Lipinski definition) is 0. The Morgan fingerprint density at radius 3 is 2.40 bits per heavy atom. The Morgan fingerprint density at radius 1 is 1.16 bits per heavy atom. The zero-order chi connectivity index (χ0) is 17.6. The second kappa shape index (κ2) is 8.56. The third kappa shape index (κ3) is 5.11. The maximum Gasteiger partial charge on any atom is 0.236 e. The number of nitrogens with zero attached hydrogens (tertiary/aromatic N) is 3. The van der Waals surface area contributed by atoms with Crippen LogP contribution in [0.25, 0.3) is 0 Å². The number of amides is 1. The van der Waals surface area contributed by atoms with Crippen molar-refractivity contribution in [2.24, 2.45) is 5.92 Å². The van der Waals surface area contributed by atoms with E-state index in [-0.39, 0.29) is 0 Å². The standard InChI is InChI=1S/C20H31N3O2/c1-3-10-21(15-17-4-5-17)16-20(24)23-13-11-22(12-14-23)18-6-8-19(25-2)9-7-18/h6-9,17H,3-5,10-16H2,1-2H3. The van der Waals surface area contributed by atoms with Crippen molar-refractivity contribution >= 4 is 11.6 Å². The highest BCUT2D eigenvalue weighted by Gasteiger charge is 2.27. The van der Waals surface area contributed by atoms with Crippen LogP contribution in [0.2, 0.25) is 0 Å². The first-order valence-electron chi connectivity index (χ1n) is 9.58. The molecular formula is C20H31N3O2. The average Bonchev–Trinajstić information content (AvgIpc) is 3.46. The number of anilines is 1. The normalized spacial score (nSPS) is 17.9. The number of rotatable bonds is 8. The molecule has 5 nitrogen and oxygen atoms in total. The fourth-order valence-corrected chi connectivity index (χ4v) is 3.52. The molecule has 0 aromatic heterocycles. The van der Waals surface area contributed by atoms with Gasteiger partial charge in [0.1, 0.15) is 5.75 Å². The molecule has 0 unspecified atom stereocenters. The highest BCUT2D eigenvalue weighted by Crippen LogP contribution is 2.29. The van der Waals surface area contributed by atoms with E-state index in [0.717, 1.165) is 57.4 Å². The van der Waals surface area contributed by atoms with E-state index < -0.39 is 0 Å². The molecule has 0 radical (unpaired) electrons. The van der Waals surface area contributed by atoms with Gasteiger partial charge >= 0.3 is 0 Å². The molecule has 1 aliphatic heterocycles. The number of piperazine rings is 1. The van der Waals surface area contributed by atoms with Crippen LogP contribution < -0.4 is 9.64 Å². The lowest BCUT2D eigenvalue weighted by Crippen LogP contribution is -2.51. The predicted molar refractivity (Wildman–Crippen MR) is 101 cm³/mol. The summed E-state index contributed by atoms with van der Waals surface area (Å²) in [4.78, 5) is 19.4. The summed E-state index contributed by atoms with van der Waals surface area (Å²) < 4.78 is 5.22. The van der Waals surface area contributed by atoms with E-state index in [4.69, 9.17) is 4.74 Å². The Balaban J connectivity index is 1.47. The highest BCUT2D eigenvalue weighted by molar-refractivity contribution is 5.78. The summed E-state index contributed by atoms with van der Waals surface area (Å²) in [6.07, 6.45) is 3.80. The second-order valence-corrected chi connectivity index (χ2v) is 7.24. The molecule has 0 spiro atoms. The van der Waals surface area contributed by atoms with Crippen LogP contribution in [0.4, 0.5) is 5.69 Å². The molecule has 0 atom stereocenters. The van der Waals surface area contributed by atoms with Crippen LogP contribution in [0, 0.1) is 5.92 Å². The van der Waals surface area contributed by atoms with E-state index in [9.17, 15) is 4.79 Å². The first-order valence-corrected chi connectivity index (χ1v) is 9.58. The molecule has 2 fully saturated rings. The number of methoxy groups -OCH3 is 1. The van der Waals surface area contributed by atoms with Crippen molar-refractivity contribution in [3.63, 3.8) is 0 Å². The fourth-order valence-electron chi connectivity index (χ4n) is 3.52. The summed E-state index contributed by atoms with van der Waals surface area (Å²) in [7, 11) is 1.68. The van der Waals surface area contributed by atoms with Gasteiger partial charge in [0, 0.05) is 38.4 Å². The first-order chi connectivity index (χ1) is 12.2. The van der Waals surface area contributed by atoms with Crippen molar-refractivity contribution in [1.82, 2.24) is 9.80 Å². The van der Waals surface area contributed by atoms with Gasteiger partial charge in [-0.1, -0.05) is 6.92 Å². The molecule has 5 heteroatoms. The SMILES string of the molecule is CCCN(CC(=O)N1CCN(c2ccc(OC)cc2)CC1)CC1CC1. The van der Waals surface area contributed by atoms with Crippen LogP contribution in [0.5, 0.6) is 5.75 Å². The number of hydrogen-bond acceptors (Lipinski definition) is 4. The topological polar surface area (TPSA) is 36.0 Å². The van der Waals surface area contributed by atoms with Gasteiger partial charge in [0.2, 0.25) is 5.91 Å². The molecule has 138 valence electrons. The van der Waals surface area contributed by atoms with Gasteiger partial charge in [-0.15, -0.1) is 0 Å². The molecule has 1 saturated carbocycles. The summed E-state index contributed by atoms with van der Waals surface area (Å²) in [5, 5.41) is 0. The van der Waals surface area contributed by atoms with Crippen LogP contribution >= 0.6 is 0 Å². The predicted octanol–water partition coefficient (Wildman–Crippen LogP) is 2.47. The second-order valence-electron chi connectivity index (χ2n) is 7.24. The van der Waals surface area contributed by atoms with Gasteiger partial charge in [0.25, 0.3) is 0 Å². The summed E-state index contributed by atoms with van der Waals surface area (Å²) in [5.74, 6) is 2.01.